The van der Waals surface area contributed by atoms with Gasteiger partial charge in [-0.15, -0.1) is 12.4 Å². The average Bonchev–Trinajstić information content (AvgIpc) is 2.78. The SMILES string of the molecule is CCCCOc1ccc2c(Nc3ccc(NS(C)(=O)=O)cc3OC)c3ccccc3nc2c1.Cl. The monoisotopic (exact) mass is 501 g/mol. The van der Waals surface area contributed by atoms with E-state index < -0.39 is 10.0 Å². The molecule has 0 saturated carbocycles. The number of fused-ring (bicyclic) bond motifs is 2. The lowest BCUT2D eigenvalue weighted by molar-refractivity contribution is 0.310. The summed E-state index contributed by atoms with van der Waals surface area (Å²) < 4.78 is 37.1. The average molecular weight is 502 g/mol. The molecule has 0 saturated heterocycles. The van der Waals surface area contributed by atoms with Crippen LogP contribution in [0.2, 0.25) is 0 Å². The summed E-state index contributed by atoms with van der Waals surface area (Å²) in [5.41, 5.74) is 3.69. The first kappa shape index (κ1) is 25.4. The minimum absolute atomic E-state index is 0. The summed E-state index contributed by atoms with van der Waals surface area (Å²) in [5.74, 6) is 1.30. The second kappa shape index (κ2) is 10.8. The number of anilines is 3. The molecule has 0 aliphatic carbocycles. The van der Waals surface area contributed by atoms with Crippen molar-refractivity contribution in [2.45, 2.75) is 19.8 Å². The van der Waals surface area contributed by atoms with Crippen LogP contribution in [-0.2, 0) is 10.0 Å². The normalized spacial score (nSPS) is 11.1. The molecule has 0 aliphatic rings. The Morgan fingerprint density at radius 3 is 2.47 bits per heavy atom. The van der Waals surface area contributed by atoms with Gasteiger partial charge in [-0.05, 0) is 36.8 Å². The highest BCUT2D eigenvalue weighted by molar-refractivity contribution is 7.92. The van der Waals surface area contributed by atoms with Crippen molar-refractivity contribution in [2.24, 2.45) is 0 Å². The Morgan fingerprint density at radius 1 is 0.971 bits per heavy atom. The molecular weight excluding hydrogens is 474 g/mol. The van der Waals surface area contributed by atoms with Crippen molar-refractivity contribution in [1.29, 1.82) is 0 Å². The van der Waals surface area contributed by atoms with Gasteiger partial charge in [0.1, 0.15) is 11.5 Å². The highest BCUT2D eigenvalue weighted by Crippen LogP contribution is 2.38. The van der Waals surface area contributed by atoms with E-state index in [-0.39, 0.29) is 12.4 Å². The first-order valence-electron chi connectivity index (χ1n) is 10.8. The van der Waals surface area contributed by atoms with E-state index in [9.17, 15) is 8.42 Å². The number of hydrogen-bond acceptors (Lipinski definition) is 6. The Kier molecular flexibility index (Phi) is 8.06. The second-order valence-electron chi connectivity index (χ2n) is 7.80. The molecule has 4 rings (SSSR count). The molecule has 34 heavy (non-hydrogen) atoms. The largest absolute Gasteiger partial charge is 0.494 e. The third-order valence-electron chi connectivity index (χ3n) is 5.18. The van der Waals surface area contributed by atoms with Gasteiger partial charge in [-0.3, -0.25) is 4.72 Å². The number of methoxy groups -OCH3 is 1. The number of ether oxygens (including phenoxy) is 2. The summed E-state index contributed by atoms with van der Waals surface area (Å²) in [6.45, 7) is 2.80. The smallest absolute Gasteiger partial charge is 0.229 e. The number of para-hydroxylation sites is 1. The number of pyridine rings is 1. The van der Waals surface area contributed by atoms with Crippen LogP contribution >= 0.6 is 12.4 Å². The zero-order valence-corrected chi connectivity index (χ0v) is 20.9. The molecule has 180 valence electrons. The lowest BCUT2D eigenvalue weighted by atomic mass is 10.1. The van der Waals surface area contributed by atoms with Gasteiger partial charge in [-0.2, -0.15) is 0 Å². The summed E-state index contributed by atoms with van der Waals surface area (Å²) in [6.07, 6.45) is 3.19. The van der Waals surface area contributed by atoms with Crippen molar-refractivity contribution < 1.29 is 17.9 Å². The van der Waals surface area contributed by atoms with Gasteiger partial charge in [-0.25, -0.2) is 13.4 Å². The van der Waals surface area contributed by atoms with Gasteiger partial charge < -0.3 is 14.8 Å². The van der Waals surface area contributed by atoms with E-state index in [4.69, 9.17) is 14.5 Å². The van der Waals surface area contributed by atoms with Crippen LogP contribution in [0.5, 0.6) is 11.5 Å². The molecule has 0 fully saturated rings. The van der Waals surface area contributed by atoms with Crippen molar-refractivity contribution in [3.8, 4) is 11.5 Å². The first-order valence-corrected chi connectivity index (χ1v) is 12.7. The van der Waals surface area contributed by atoms with Crippen LogP contribution in [0.1, 0.15) is 19.8 Å². The van der Waals surface area contributed by atoms with Crippen LogP contribution < -0.4 is 19.5 Å². The van der Waals surface area contributed by atoms with Crippen molar-refractivity contribution >= 4 is 61.3 Å². The van der Waals surface area contributed by atoms with Gasteiger partial charge in [0.05, 0.1) is 48.1 Å². The number of nitrogens with one attached hydrogen (secondary N) is 2. The number of sulfonamides is 1. The Labute approximate surface area is 206 Å². The molecule has 0 amide bonds. The predicted molar refractivity (Wildman–Crippen MR) is 142 cm³/mol. The van der Waals surface area contributed by atoms with Crippen LogP contribution in [0.15, 0.2) is 60.7 Å². The Balaban J connectivity index is 0.00000324. The van der Waals surface area contributed by atoms with Gasteiger partial charge in [-0.1, -0.05) is 31.5 Å². The highest BCUT2D eigenvalue weighted by atomic mass is 35.5. The van der Waals surface area contributed by atoms with E-state index in [0.29, 0.717) is 23.7 Å². The van der Waals surface area contributed by atoms with E-state index >= 15 is 0 Å². The molecule has 0 radical (unpaired) electrons. The van der Waals surface area contributed by atoms with Crippen molar-refractivity contribution in [1.82, 2.24) is 4.98 Å². The minimum atomic E-state index is -3.39. The minimum Gasteiger partial charge on any atom is -0.494 e. The zero-order valence-electron chi connectivity index (χ0n) is 19.3. The molecule has 0 bridgehead atoms. The lowest BCUT2D eigenvalue weighted by Gasteiger charge is -2.17. The zero-order chi connectivity index (χ0) is 23.4. The molecule has 7 nitrogen and oxygen atoms in total. The molecule has 2 N–H and O–H groups in total. The maximum absolute atomic E-state index is 11.6. The molecule has 3 aromatic carbocycles. The number of halogens is 1. The molecule has 0 aliphatic heterocycles. The molecule has 1 heterocycles. The third kappa shape index (κ3) is 5.81. The topological polar surface area (TPSA) is 89.6 Å². The van der Waals surface area contributed by atoms with Crippen LogP contribution in [-0.4, -0.2) is 33.4 Å². The predicted octanol–water partition coefficient (Wildman–Crippen LogP) is 6.11. The highest BCUT2D eigenvalue weighted by Gasteiger charge is 2.14. The van der Waals surface area contributed by atoms with E-state index in [1.54, 1.807) is 25.3 Å². The summed E-state index contributed by atoms with van der Waals surface area (Å²) in [4.78, 5) is 4.84. The van der Waals surface area contributed by atoms with Crippen molar-refractivity contribution in [3.05, 3.63) is 60.7 Å². The Hall–Kier alpha value is -3.23. The quantitative estimate of drug-likeness (QED) is 0.212. The fraction of sp³-hybridized carbons (Fsp3) is 0.240. The van der Waals surface area contributed by atoms with Gasteiger partial charge >= 0.3 is 0 Å². The molecule has 9 heteroatoms. The number of hydrogen-bond donors (Lipinski definition) is 2. The second-order valence-corrected chi connectivity index (χ2v) is 9.55. The van der Waals surface area contributed by atoms with Gasteiger partial charge in [0, 0.05) is 22.9 Å². The maximum Gasteiger partial charge on any atom is 0.229 e. The molecule has 0 spiro atoms. The number of aromatic nitrogens is 1. The number of unbranched alkanes of at least 4 members (excludes halogenated alkanes) is 1. The third-order valence-corrected chi connectivity index (χ3v) is 5.79. The van der Waals surface area contributed by atoms with Gasteiger partial charge in [0.15, 0.2) is 0 Å². The van der Waals surface area contributed by atoms with E-state index in [2.05, 4.69) is 17.0 Å². The molecule has 4 aromatic rings. The number of nitrogens with zero attached hydrogens (tertiary/aromatic N) is 1. The van der Waals surface area contributed by atoms with Crippen molar-refractivity contribution in [2.75, 3.05) is 30.0 Å². The van der Waals surface area contributed by atoms with Crippen LogP contribution in [0.3, 0.4) is 0 Å². The molecule has 0 unspecified atom stereocenters. The summed E-state index contributed by atoms with van der Waals surface area (Å²) in [6, 6.07) is 19.0. The molecule has 1 aromatic heterocycles. The summed E-state index contributed by atoms with van der Waals surface area (Å²) >= 11 is 0. The molecule has 0 atom stereocenters. The fourth-order valence-corrected chi connectivity index (χ4v) is 4.19. The summed E-state index contributed by atoms with van der Waals surface area (Å²) in [5, 5.41) is 5.39. The van der Waals surface area contributed by atoms with E-state index in [0.717, 1.165) is 52.3 Å². The lowest BCUT2D eigenvalue weighted by Crippen LogP contribution is -2.09. The van der Waals surface area contributed by atoms with Crippen molar-refractivity contribution in [3.63, 3.8) is 0 Å². The Bertz CT molecular complexity index is 1410. The van der Waals surface area contributed by atoms with E-state index in [1.165, 1.54) is 0 Å². The molecular formula is C25H28ClN3O4S. The van der Waals surface area contributed by atoms with Gasteiger partial charge in [0.25, 0.3) is 0 Å². The van der Waals surface area contributed by atoms with E-state index in [1.807, 2.05) is 42.5 Å². The first-order chi connectivity index (χ1) is 15.9. The van der Waals surface area contributed by atoms with Crippen LogP contribution in [0, 0.1) is 0 Å². The number of benzene rings is 3. The fourth-order valence-electron chi connectivity index (χ4n) is 3.64. The Morgan fingerprint density at radius 2 is 1.74 bits per heavy atom. The van der Waals surface area contributed by atoms with Crippen LogP contribution in [0.4, 0.5) is 17.1 Å². The van der Waals surface area contributed by atoms with Gasteiger partial charge in [0.2, 0.25) is 10.0 Å². The standard InChI is InChI=1S/C25H27N3O4S.ClH/c1-4-5-14-32-18-11-12-20-23(16-18)26-21-9-7-6-8-19(21)25(20)27-22-13-10-17(15-24(22)31-2)28-33(3,29)30;/h6-13,15-16,28H,4-5,14H2,1-3H3,(H,26,27);1H. The maximum atomic E-state index is 11.6. The summed E-state index contributed by atoms with van der Waals surface area (Å²) in [7, 11) is -1.84. The van der Waals surface area contributed by atoms with Crippen LogP contribution in [0.25, 0.3) is 21.8 Å². The number of rotatable bonds is 9.